The van der Waals surface area contributed by atoms with E-state index in [1.165, 1.54) is 12.0 Å². The first kappa shape index (κ1) is 34.6. The quantitative estimate of drug-likeness (QED) is 0.140. The van der Waals surface area contributed by atoms with Gasteiger partial charge in [-0.3, -0.25) is 5.01 Å². The van der Waals surface area contributed by atoms with Gasteiger partial charge in [-0.1, -0.05) is 26.5 Å². The lowest BCUT2D eigenvalue weighted by molar-refractivity contribution is -0.125. The number of halogens is 3. The Bertz CT molecular complexity index is 963. The van der Waals surface area contributed by atoms with Crippen molar-refractivity contribution in [1.29, 1.82) is 0 Å². The third-order valence-electron chi connectivity index (χ3n) is 4.61. The molecule has 1 aromatic rings. The zero-order valence-corrected chi connectivity index (χ0v) is 23.7. The fourth-order valence-corrected chi connectivity index (χ4v) is 2.72. The maximum atomic E-state index is 13.0. The molecular formula is C28H42F3N3O4. The molecule has 7 nitrogen and oxygen atoms in total. The van der Waals surface area contributed by atoms with E-state index in [4.69, 9.17) is 20.1 Å². The van der Waals surface area contributed by atoms with Crippen molar-refractivity contribution in [2.75, 3.05) is 27.3 Å². The van der Waals surface area contributed by atoms with Crippen LogP contribution in [0.15, 0.2) is 66.6 Å². The van der Waals surface area contributed by atoms with Gasteiger partial charge in [-0.15, -0.1) is 0 Å². The van der Waals surface area contributed by atoms with Gasteiger partial charge in [-0.25, -0.2) is 10.6 Å². The second-order valence-corrected chi connectivity index (χ2v) is 8.77. The van der Waals surface area contributed by atoms with Gasteiger partial charge in [-0.2, -0.15) is 13.2 Å². The first-order chi connectivity index (χ1) is 17.7. The van der Waals surface area contributed by atoms with Crippen molar-refractivity contribution in [3.63, 3.8) is 0 Å². The molecule has 1 aromatic carbocycles. The number of methoxy groups -OCH3 is 1. The molecule has 0 aliphatic rings. The Labute approximate surface area is 225 Å². The molecule has 0 bridgehead atoms. The van der Waals surface area contributed by atoms with Gasteiger partial charge >= 0.3 is 12.3 Å². The third-order valence-corrected chi connectivity index (χ3v) is 4.61. The molecule has 0 aromatic heterocycles. The molecule has 0 atom stereocenters. The van der Waals surface area contributed by atoms with Crippen LogP contribution in [0.4, 0.5) is 18.0 Å². The summed E-state index contributed by atoms with van der Waals surface area (Å²) in [5, 5.41) is 1.16. The van der Waals surface area contributed by atoms with E-state index >= 15 is 0 Å². The van der Waals surface area contributed by atoms with E-state index in [2.05, 4.69) is 6.58 Å². The summed E-state index contributed by atoms with van der Waals surface area (Å²) >= 11 is 0. The van der Waals surface area contributed by atoms with Gasteiger partial charge in [0.2, 0.25) is 0 Å². The smallest absolute Gasteiger partial charge is 0.410 e. The van der Waals surface area contributed by atoms with Crippen LogP contribution in [0.2, 0.25) is 0 Å². The number of benzene rings is 1. The van der Waals surface area contributed by atoms with Gasteiger partial charge in [0.25, 0.3) is 0 Å². The van der Waals surface area contributed by atoms with E-state index in [-0.39, 0.29) is 18.8 Å². The normalized spacial score (nSPS) is 12.4. The number of amides is 1. The van der Waals surface area contributed by atoms with E-state index in [1.807, 2.05) is 13.8 Å². The van der Waals surface area contributed by atoms with Crippen LogP contribution in [-0.2, 0) is 9.47 Å². The molecule has 0 radical (unpaired) electrons. The average Bonchev–Trinajstić information content (AvgIpc) is 2.84. The van der Waals surface area contributed by atoms with E-state index in [0.29, 0.717) is 22.8 Å². The second-order valence-electron chi connectivity index (χ2n) is 8.77. The lowest BCUT2D eigenvalue weighted by atomic mass is 10.1. The van der Waals surface area contributed by atoms with Gasteiger partial charge in [0.15, 0.2) is 0 Å². The van der Waals surface area contributed by atoms with E-state index in [0.717, 1.165) is 11.1 Å². The molecule has 0 unspecified atom stereocenters. The maximum absolute atomic E-state index is 13.0. The SMILES string of the molecule is C=C(/C=C\C(=C/C)N(N)/C(=C\CC(F)(F)F)c1ccc(OCCN(C)C(=O)OC(C)(C)C)cc1)OC.CC. The predicted octanol–water partition coefficient (Wildman–Crippen LogP) is 7.05. The minimum absolute atomic E-state index is 0.157. The summed E-state index contributed by atoms with van der Waals surface area (Å²) in [6.45, 7) is 15.2. The van der Waals surface area contributed by atoms with Crippen molar-refractivity contribution in [3.8, 4) is 5.75 Å². The summed E-state index contributed by atoms with van der Waals surface area (Å²) in [6, 6.07) is 6.46. The van der Waals surface area contributed by atoms with Crippen molar-refractivity contribution in [3.05, 3.63) is 72.2 Å². The zero-order chi connectivity index (χ0) is 29.5. The number of alkyl halides is 3. The van der Waals surface area contributed by atoms with Gasteiger partial charge in [-0.05, 0) is 75.8 Å². The minimum atomic E-state index is -4.40. The number of nitrogens with two attached hydrogens (primary N) is 1. The number of likely N-dealkylation sites (N-methyl/N-ethyl adjacent to an activating group) is 1. The van der Waals surface area contributed by atoms with Gasteiger partial charge in [0.05, 0.1) is 31.5 Å². The van der Waals surface area contributed by atoms with Crippen LogP contribution in [-0.4, -0.2) is 55.1 Å². The molecule has 1 amide bonds. The number of carbonyl (C=O) groups excluding carboxylic acids is 1. The number of allylic oxidation sites excluding steroid dienone is 4. The Morgan fingerprint density at radius 1 is 1.11 bits per heavy atom. The molecule has 1 rings (SSSR count). The Morgan fingerprint density at radius 3 is 2.16 bits per heavy atom. The van der Waals surface area contributed by atoms with Crippen LogP contribution < -0.4 is 10.6 Å². The first-order valence-electron chi connectivity index (χ1n) is 12.2. The minimum Gasteiger partial charge on any atom is -0.497 e. The maximum Gasteiger partial charge on any atom is 0.410 e. The highest BCUT2D eigenvalue weighted by molar-refractivity contribution is 5.68. The van der Waals surface area contributed by atoms with Crippen LogP contribution >= 0.6 is 0 Å². The van der Waals surface area contributed by atoms with E-state index in [1.54, 1.807) is 77.2 Å². The molecule has 214 valence electrons. The van der Waals surface area contributed by atoms with Crippen molar-refractivity contribution in [2.45, 2.75) is 59.7 Å². The summed E-state index contributed by atoms with van der Waals surface area (Å²) in [6.07, 6.45) is -0.198. The molecule has 10 heteroatoms. The molecule has 0 saturated carbocycles. The van der Waals surface area contributed by atoms with E-state index < -0.39 is 24.3 Å². The Hall–Kier alpha value is -3.40. The predicted molar refractivity (Wildman–Crippen MR) is 146 cm³/mol. The van der Waals surface area contributed by atoms with Crippen LogP contribution in [0.25, 0.3) is 5.70 Å². The number of hydrogen-bond acceptors (Lipinski definition) is 6. The summed E-state index contributed by atoms with van der Waals surface area (Å²) in [5.41, 5.74) is 0.450. The molecule has 0 spiro atoms. The average molecular weight is 542 g/mol. The molecule has 0 saturated heterocycles. The lowest BCUT2D eigenvalue weighted by Gasteiger charge is -2.25. The van der Waals surface area contributed by atoms with Crippen molar-refractivity contribution < 1.29 is 32.2 Å². The van der Waals surface area contributed by atoms with Crippen molar-refractivity contribution >= 4 is 11.8 Å². The van der Waals surface area contributed by atoms with Gasteiger partial charge in [0, 0.05) is 7.05 Å². The summed E-state index contributed by atoms with van der Waals surface area (Å²) < 4.78 is 54.9. The number of nitrogens with zero attached hydrogens (tertiary/aromatic N) is 2. The molecular weight excluding hydrogens is 499 g/mol. The van der Waals surface area contributed by atoms with Crippen LogP contribution in [0, 0.1) is 0 Å². The van der Waals surface area contributed by atoms with E-state index in [9.17, 15) is 18.0 Å². The van der Waals surface area contributed by atoms with Crippen molar-refractivity contribution in [2.24, 2.45) is 5.84 Å². The molecule has 2 N–H and O–H groups in total. The molecule has 0 aliphatic carbocycles. The van der Waals surface area contributed by atoms with Gasteiger partial charge in [0.1, 0.15) is 23.7 Å². The number of rotatable bonds is 11. The number of ether oxygens (including phenoxy) is 3. The second kappa shape index (κ2) is 16.4. The fourth-order valence-electron chi connectivity index (χ4n) is 2.72. The number of hydrogen-bond donors (Lipinski definition) is 1. The molecule has 0 fully saturated rings. The standard InChI is InChI=1S/C26H36F3N3O4.C2H6/c1-8-21(12-9-19(2)34-7)32(30)23(15-16-26(27,28)29)20-10-13-22(14-11-20)35-18-17-31(6)24(33)36-25(3,4)5;1-2/h8-15H,2,16-18,30H2,1,3-7H3;1-2H3/b12-9-,21-8+,23-15-;. The third kappa shape index (κ3) is 13.8. The zero-order valence-electron chi connectivity index (χ0n) is 23.7. The highest BCUT2D eigenvalue weighted by atomic mass is 19.4. The Balaban J connectivity index is 0.00000667. The highest BCUT2D eigenvalue weighted by Gasteiger charge is 2.26. The van der Waals surface area contributed by atoms with Crippen LogP contribution in [0.1, 0.15) is 53.5 Å². The summed E-state index contributed by atoms with van der Waals surface area (Å²) in [7, 11) is 3.05. The Morgan fingerprint density at radius 2 is 1.68 bits per heavy atom. The number of carbonyl (C=O) groups is 1. The molecule has 0 heterocycles. The largest absolute Gasteiger partial charge is 0.497 e. The molecule has 38 heavy (non-hydrogen) atoms. The fraction of sp³-hybridized carbons (Fsp3) is 0.464. The monoisotopic (exact) mass is 541 g/mol. The van der Waals surface area contributed by atoms with Crippen LogP contribution in [0.5, 0.6) is 5.75 Å². The number of hydrazine groups is 1. The first-order valence-corrected chi connectivity index (χ1v) is 12.2. The van der Waals surface area contributed by atoms with Gasteiger partial charge < -0.3 is 19.1 Å². The van der Waals surface area contributed by atoms with Crippen LogP contribution in [0.3, 0.4) is 0 Å². The Kier molecular flexibility index (Phi) is 15.0. The highest BCUT2D eigenvalue weighted by Crippen LogP contribution is 2.28. The summed E-state index contributed by atoms with van der Waals surface area (Å²) in [4.78, 5) is 13.4. The summed E-state index contributed by atoms with van der Waals surface area (Å²) in [5.74, 6) is 7.06. The molecule has 0 aliphatic heterocycles. The lowest BCUT2D eigenvalue weighted by Crippen LogP contribution is -2.36. The topological polar surface area (TPSA) is 77.3 Å². The van der Waals surface area contributed by atoms with Crippen molar-refractivity contribution in [1.82, 2.24) is 9.91 Å².